The Morgan fingerprint density at radius 1 is 0.857 bits per heavy atom. The van der Waals surface area contributed by atoms with Gasteiger partial charge in [-0.05, 0) is 62.2 Å². The third-order valence-corrected chi connectivity index (χ3v) is 8.72. The van der Waals surface area contributed by atoms with Gasteiger partial charge in [0.2, 0.25) is 11.8 Å². The minimum atomic E-state index is -4.26. The molecule has 0 radical (unpaired) electrons. The highest BCUT2D eigenvalue weighted by Crippen LogP contribution is 2.32. The van der Waals surface area contributed by atoms with Gasteiger partial charge in [-0.2, -0.15) is 0 Å². The second kappa shape index (κ2) is 14.6. The second-order valence-electron chi connectivity index (χ2n) is 9.73. The number of rotatable bonds is 14. The molecule has 3 rings (SSSR count). The number of nitrogens with zero attached hydrogens (tertiary/aromatic N) is 2. The standard InChI is InChI=1S/C31H39N3O7S/c1-7-22(2)32-31(36)23(3)33(20-24-13-15-26(39-4)16-14-24)30(35)21-34(25-11-9-8-10-12-25)42(37,38)27-17-18-28(40-5)29(19-27)41-6/h8-19,22-23H,7,20-21H2,1-6H3,(H,32,36)/t22-,23-/m1/s1. The van der Waals surface area contributed by atoms with Crippen molar-refractivity contribution in [2.75, 3.05) is 32.2 Å². The van der Waals surface area contributed by atoms with Crippen molar-refractivity contribution in [3.63, 3.8) is 0 Å². The van der Waals surface area contributed by atoms with Crippen molar-refractivity contribution in [3.05, 3.63) is 78.4 Å². The number of anilines is 1. The molecule has 1 N–H and O–H groups in total. The lowest BCUT2D eigenvalue weighted by molar-refractivity contribution is -0.139. The van der Waals surface area contributed by atoms with Crippen LogP contribution in [-0.4, -0.2) is 65.1 Å². The summed E-state index contributed by atoms with van der Waals surface area (Å²) in [5.74, 6) is 0.362. The highest BCUT2D eigenvalue weighted by atomic mass is 32.2. The lowest BCUT2D eigenvalue weighted by atomic mass is 10.1. The molecule has 10 nitrogen and oxygen atoms in total. The summed E-state index contributed by atoms with van der Waals surface area (Å²) >= 11 is 0. The molecule has 2 amide bonds. The molecule has 0 saturated carbocycles. The quantitative estimate of drug-likeness (QED) is 0.296. The van der Waals surface area contributed by atoms with Gasteiger partial charge in [-0.25, -0.2) is 8.42 Å². The number of sulfonamides is 1. The molecule has 0 unspecified atom stereocenters. The summed E-state index contributed by atoms with van der Waals surface area (Å²) in [6, 6.07) is 18.7. The van der Waals surface area contributed by atoms with Gasteiger partial charge in [0.05, 0.1) is 31.9 Å². The van der Waals surface area contributed by atoms with Gasteiger partial charge in [0, 0.05) is 18.7 Å². The van der Waals surface area contributed by atoms with Crippen LogP contribution in [0, 0.1) is 0 Å². The third-order valence-electron chi connectivity index (χ3n) is 6.95. The van der Waals surface area contributed by atoms with Crippen molar-refractivity contribution in [2.24, 2.45) is 0 Å². The highest BCUT2D eigenvalue weighted by molar-refractivity contribution is 7.92. The average molecular weight is 598 g/mol. The largest absolute Gasteiger partial charge is 0.497 e. The van der Waals surface area contributed by atoms with Crippen molar-refractivity contribution < 1.29 is 32.2 Å². The van der Waals surface area contributed by atoms with Gasteiger partial charge >= 0.3 is 0 Å². The van der Waals surface area contributed by atoms with Crippen LogP contribution in [0.5, 0.6) is 17.2 Å². The van der Waals surface area contributed by atoms with Gasteiger partial charge in [-0.15, -0.1) is 0 Å². The van der Waals surface area contributed by atoms with E-state index in [1.54, 1.807) is 68.6 Å². The Balaban J connectivity index is 2.03. The summed E-state index contributed by atoms with van der Waals surface area (Å²) in [5.41, 5.74) is 1.04. The zero-order valence-corrected chi connectivity index (χ0v) is 25.7. The molecular formula is C31H39N3O7S. The topological polar surface area (TPSA) is 114 Å². The predicted octanol–water partition coefficient (Wildman–Crippen LogP) is 4.24. The molecule has 0 spiro atoms. The van der Waals surface area contributed by atoms with E-state index in [9.17, 15) is 18.0 Å². The van der Waals surface area contributed by atoms with Crippen LogP contribution < -0.4 is 23.8 Å². The smallest absolute Gasteiger partial charge is 0.264 e. The fourth-order valence-electron chi connectivity index (χ4n) is 4.20. The SMILES string of the molecule is CC[C@@H](C)NC(=O)[C@@H](C)N(Cc1ccc(OC)cc1)C(=O)CN(c1ccccc1)S(=O)(=O)c1ccc(OC)c(OC)c1. The van der Waals surface area contributed by atoms with Gasteiger partial charge in [-0.3, -0.25) is 13.9 Å². The van der Waals surface area contributed by atoms with Crippen LogP contribution in [0.3, 0.4) is 0 Å². The Bertz CT molecular complexity index is 1450. The summed E-state index contributed by atoms with van der Waals surface area (Å²) < 4.78 is 44.9. The van der Waals surface area contributed by atoms with Crippen LogP contribution in [0.1, 0.15) is 32.8 Å². The number of ether oxygens (including phenoxy) is 3. The van der Waals surface area contributed by atoms with Crippen LogP contribution in [0.25, 0.3) is 0 Å². The molecule has 226 valence electrons. The van der Waals surface area contributed by atoms with Crippen molar-refractivity contribution in [2.45, 2.75) is 50.7 Å². The highest BCUT2D eigenvalue weighted by Gasteiger charge is 2.33. The zero-order valence-electron chi connectivity index (χ0n) is 24.9. The second-order valence-corrected chi connectivity index (χ2v) is 11.6. The normalized spacial score (nSPS) is 12.5. The predicted molar refractivity (Wildman–Crippen MR) is 161 cm³/mol. The Morgan fingerprint density at radius 2 is 1.50 bits per heavy atom. The van der Waals surface area contributed by atoms with E-state index in [1.165, 1.54) is 37.3 Å². The zero-order chi connectivity index (χ0) is 30.9. The Morgan fingerprint density at radius 3 is 2.07 bits per heavy atom. The summed E-state index contributed by atoms with van der Waals surface area (Å²) in [5, 5.41) is 2.92. The molecule has 0 aromatic heterocycles. The lowest BCUT2D eigenvalue weighted by Crippen LogP contribution is -2.52. The Kier molecular flexibility index (Phi) is 11.2. The van der Waals surface area contributed by atoms with Crippen molar-refractivity contribution in [3.8, 4) is 17.2 Å². The fourth-order valence-corrected chi connectivity index (χ4v) is 5.63. The van der Waals surface area contributed by atoms with Crippen LogP contribution in [0.15, 0.2) is 77.7 Å². The van der Waals surface area contributed by atoms with E-state index in [1.807, 2.05) is 13.8 Å². The van der Waals surface area contributed by atoms with E-state index in [2.05, 4.69) is 5.32 Å². The minimum absolute atomic E-state index is 0.0803. The molecular weight excluding hydrogens is 558 g/mol. The molecule has 0 aliphatic rings. The van der Waals surface area contributed by atoms with Crippen molar-refractivity contribution in [1.29, 1.82) is 0 Å². The van der Waals surface area contributed by atoms with E-state index in [4.69, 9.17) is 14.2 Å². The van der Waals surface area contributed by atoms with Crippen molar-refractivity contribution in [1.82, 2.24) is 10.2 Å². The van der Waals surface area contributed by atoms with Crippen LogP contribution in [-0.2, 0) is 26.2 Å². The summed E-state index contributed by atoms with van der Waals surface area (Å²) in [4.78, 5) is 28.5. The fraction of sp³-hybridized carbons (Fsp3) is 0.355. The first-order valence-corrected chi connectivity index (χ1v) is 15.0. The first-order valence-electron chi connectivity index (χ1n) is 13.6. The van der Waals surface area contributed by atoms with E-state index in [-0.39, 0.29) is 29.1 Å². The van der Waals surface area contributed by atoms with Gasteiger partial charge < -0.3 is 24.4 Å². The van der Waals surface area contributed by atoms with E-state index >= 15 is 0 Å². The maximum Gasteiger partial charge on any atom is 0.264 e. The molecule has 0 bridgehead atoms. The van der Waals surface area contributed by atoms with E-state index in [0.717, 1.165) is 16.3 Å². The molecule has 0 aliphatic heterocycles. The number of hydrogen-bond donors (Lipinski definition) is 1. The number of carbonyl (C=O) groups excluding carboxylic acids is 2. The number of para-hydroxylation sites is 1. The maximum absolute atomic E-state index is 14.0. The summed E-state index contributed by atoms with van der Waals surface area (Å²) in [6.45, 7) is 5.00. The molecule has 3 aromatic rings. The number of carbonyl (C=O) groups is 2. The lowest BCUT2D eigenvalue weighted by Gasteiger charge is -2.32. The number of methoxy groups -OCH3 is 3. The monoisotopic (exact) mass is 597 g/mol. The molecule has 0 aliphatic carbocycles. The Labute approximate surface area is 248 Å². The molecule has 0 fully saturated rings. The molecule has 11 heteroatoms. The van der Waals surface area contributed by atoms with Gasteiger partial charge in [0.1, 0.15) is 18.3 Å². The van der Waals surface area contributed by atoms with E-state index in [0.29, 0.717) is 17.2 Å². The number of amides is 2. The van der Waals surface area contributed by atoms with E-state index < -0.39 is 28.5 Å². The van der Waals surface area contributed by atoms with Crippen LogP contribution in [0.2, 0.25) is 0 Å². The summed E-state index contributed by atoms with van der Waals surface area (Å²) in [6.07, 6.45) is 0.718. The average Bonchev–Trinajstić information content (AvgIpc) is 3.01. The van der Waals surface area contributed by atoms with Crippen LogP contribution in [0.4, 0.5) is 5.69 Å². The number of hydrogen-bond acceptors (Lipinski definition) is 7. The number of benzene rings is 3. The summed E-state index contributed by atoms with van der Waals surface area (Å²) in [7, 11) is 0.168. The molecule has 42 heavy (non-hydrogen) atoms. The first kappa shape index (κ1) is 32.3. The third kappa shape index (κ3) is 7.73. The maximum atomic E-state index is 14.0. The van der Waals surface area contributed by atoms with Crippen molar-refractivity contribution >= 4 is 27.5 Å². The first-order chi connectivity index (χ1) is 20.0. The molecule has 3 aromatic carbocycles. The molecule has 2 atom stereocenters. The number of nitrogens with one attached hydrogen (secondary N) is 1. The van der Waals surface area contributed by atoms with Gasteiger partial charge in [-0.1, -0.05) is 37.3 Å². The van der Waals surface area contributed by atoms with Crippen LogP contribution >= 0.6 is 0 Å². The van der Waals surface area contributed by atoms with Gasteiger partial charge in [0.15, 0.2) is 11.5 Å². The minimum Gasteiger partial charge on any atom is -0.497 e. The molecule has 0 saturated heterocycles. The Hall–Kier alpha value is -4.25. The molecule has 0 heterocycles. The van der Waals surface area contributed by atoms with Gasteiger partial charge in [0.25, 0.3) is 10.0 Å².